The SMILES string of the molecule is CCc1ccccc1N1CCC(C)NCC1CC#N. The Kier molecular flexibility index (Phi) is 4.81. The van der Waals surface area contributed by atoms with Crippen LogP contribution < -0.4 is 10.2 Å². The maximum absolute atomic E-state index is 9.06. The van der Waals surface area contributed by atoms with Gasteiger partial charge in [-0.15, -0.1) is 0 Å². The molecule has 3 nitrogen and oxygen atoms in total. The molecule has 1 aliphatic heterocycles. The van der Waals surface area contributed by atoms with Crippen LogP contribution >= 0.6 is 0 Å². The molecule has 1 aromatic carbocycles. The summed E-state index contributed by atoms with van der Waals surface area (Å²) in [6.07, 6.45) is 2.74. The van der Waals surface area contributed by atoms with E-state index in [0.717, 1.165) is 25.9 Å². The monoisotopic (exact) mass is 257 g/mol. The molecule has 2 unspecified atom stereocenters. The summed E-state index contributed by atoms with van der Waals surface area (Å²) in [6.45, 7) is 6.33. The minimum absolute atomic E-state index is 0.280. The first-order valence-electron chi connectivity index (χ1n) is 7.21. The van der Waals surface area contributed by atoms with Crippen LogP contribution in [0.5, 0.6) is 0 Å². The van der Waals surface area contributed by atoms with Crippen LogP contribution in [-0.2, 0) is 6.42 Å². The molecule has 0 amide bonds. The number of para-hydroxylation sites is 1. The lowest BCUT2D eigenvalue weighted by Crippen LogP contribution is -2.40. The van der Waals surface area contributed by atoms with E-state index in [9.17, 15) is 0 Å². The maximum Gasteiger partial charge on any atom is 0.0643 e. The molecule has 0 aliphatic carbocycles. The van der Waals surface area contributed by atoms with Gasteiger partial charge in [-0.2, -0.15) is 5.26 Å². The third-order valence-electron chi connectivity index (χ3n) is 3.95. The van der Waals surface area contributed by atoms with Crippen molar-refractivity contribution >= 4 is 5.69 Å². The molecule has 0 saturated carbocycles. The molecule has 2 atom stereocenters. The van der Waals surface area contributed by atoms with E-state index >= 15 is 0 Å². The van der Waals surface area contributed by atoms with E-state index in [2.05, 4.69) is 54.4 Å². The summed E-state index contributed by atoms with van der Waals surface area (Å²) in [5.74, 6) is 0. The second kappa shape index (κ2) is 6.58. The highest BCUT2D eigenvalue weighted by molar-refractivity contribution is 5.55. The summed E-state index contributed by atoms with van der Waals surface area (Å²) < 4.78 is 0. The van der Waals surface area contributed by atoms with Gasteiger partial charge >= 0.3 is 0 Å². The molecule has 102 valence electrons. The predicted octanol–water partition coefficient (Wildman–Crippen LogP) is 2.72. The second-order valence-electron chi connectivity index (χ2n) is 5.29. The largest absolute Gasteiger partial charge is 0.366 e. The van der Waals surface area contributed by atoms with E-state index in [0.29, 0.717) is 12.5 Å². The zero-order chi connectivity index (χ0) is 13.7. The zero-order valence-corrected chi connectivity index (χ0v) is 11.9. The summed E-state index contributed by atoms with van der Waals surface area (Å²) in [5.41, 5.74) is 2.68. The van der Waals surface area contributed by atoms with Crippen molar-refractivity contribution in [3.63, 3.8) is 0 Å². The molecule has 0 bridgehead atoms. The zero-order valence-electron chi connectivity index (χ0n) is 11.9. The Bertz CT molecular complexity index is 450. The molecule has 19 heavy (non-hydrogen) atoms. The van der Waals surface area contributed by atoms with Crippen LogP contribution in [0.3, 0.4) is 0 Å². The molecular formula is C16H23N3. The van der Waals surface area contributed by atoms with Crippen LogP contribution in [0, 0.1) is 11.3 Å². The van der Waals surface area contributed by atoms with Gasteiger partial charge in [0.25, 0.3) is 0 Å². The van der Waals surface area contributed by atoms with Gasteiger partial charge in [-0.3, -0.25) is 0 Å². The normalized spacial score (nSPS) is 23.7. The van der Waals surface area contributed by atoms with Crippen molar-refractivity contribution in [3.8, 4) is 6.07 Å². The van der Waals surface area contributed by atoms with Gasteiger partial charge in [-0.1, -0.05) is 25.1 Å². The van der Waals surface area contributed by atoms with E-state index in [-0.39, 0.29) is 6.04 Å². The topological polar surface area (TPSA) is 39.1 Å². The fourth-order valence-corrected chi connectivity index (χ4v) is 2.76. The van der Waals surface area contributed by atoms with Gasteiger partial charge in [0.15, 0.2) is 0 Å². The molecule has 1 N–H and O–H groups in total. The van der Waals surface area contributed by atoms with Crippen LogP contribution in [0.1, 0.15) is 32.3 Å². The number of hydrogen-bond acceptors (Lipinski definition) is 3. The van der Waals surface area contributed by atoms with Gasteiger partial charge < -0.3 is 10.2 Å². The Morgan fingerprint density at radius 1 is 1.42 bits per heavy atom. The number of hydrogen-bond donors (Lipinski definition) is 1. The molecule has 1 saturated heterocycles. The first kappa shape index (κ1) is 13.9. The van der Waals surface area contributed by atoms with Crippen LogP contribution in [0.25, 0.3) is 0 Å². The molecule has 3 heteroatoms. The van der Waals surface area contributed by atoms with E-state index in [4.69, 9.17) is 5.26 Å². The Morgan fingerprint density at radius 2 is 2.21 bits per heavy atom. The molecule has 0 spiro atoms. The van der Waals surface area contributed by atoms with Crippen molar-refractivity contribution < 1.29 is 0 Å². The van der Waals surface area contributed by atoms with Gasteiger partial charge in [0, 0.05) is 24.8 Å². The van der Waals surface area contributed by atoms with Crippen LogP contribution in [0.2, 0.25) is 0 Å². The third-order valence-corrected chi connectivity index (χ3v) is 3.95. The van der Waals surface area contributed by atoms with Crippen molar-refractivity contribution in [3.05, 3.63) is 29.8 Å². The predicted molar refractivity (Wildman–Crippen MR) is 79.3 cm³/mol. The number of nitrogens with one attached hydrogen (secondary N) is 1. The molecule has 1 fully saturated rings. The van der Waals surface area contributed by atoms with Gasteiger partial charge in [-0.05, 0) is 31.4 Å². The average Bonchev–Trinajstić information content (AvgIpc) is 2.62. The fourth-order valence-electron chi connectivity index (χ4n) is 2.76. The van der Waals surface area contributed by atoms with Gasteiger partial charge in [0.1, 0.15) is 0 Å². The van der Waals surface area contributed by atoms with Crippen molar-refractivity contribution in [2.75, 3.05) is 18.0 Å². The third kappa shape index (κ3) is 3.27. The van der Waals surface area contributed by atoms with Crippen LogP contribution in [0.15, 0.2) is 24.3 Å². The quantitative estimate of drug-likeness (QED) is 0.905. The molecule has 2 rings (SSSR count). The highest BCUT2D eigenvalue weighted by atomic mass is 15.2. The molecule has 0 radical (unpaired) electrons. The Hall–Kier alpha value is -1.53. The number of aryl methyl sites for hydroxylation is 1. The fraction of sp³-hybridized carbons (Fsp3) is 0.562. The first-order chi connectivity index (χ1) is 9.26. The average molecular weight is 257 g/mol. The lowest BCUT2D eigenvalue weighted by atomic mass is 10.1. The van der Waals surface area contributed by atoms with Crippen molar-refractivity contribution in [1.29, 1.82) is 5.26 Å². The smallest absolute Gasteiger partial charge is 0.0643 e. The minimum atomic E-state index is 0.280. The van der Waals surface area contributed by atoms with Gasteiger partial charge in [0.2, 0.25) is 0 Å². The van der Waals surface area contributed by atoms with Crippen LogP contribution in [-0.4, -0.2) is 25.2 Å². The van der Waals surface area contributed by atoms with E-state index in [1.165, 1.54) is 11.3 Å². The number of nitrogens with zero attached hydrogens (tertiary/aromatic N) is 2. The number of benzene rings is 1. The highest BCUT2D eigenvalue weighted by Crippen LogP contribution is 2.25. The van der Waals surface area contributed by atoms with E-state index in [1.807, 2.05) is 0 Å². The second-order valence-corrected chi connectivity index (χ2v) is 5.29. The maximum atomic E-state index is 9.06. The van der Waals surface area contributed by atoms with Crippen molar-refractivity contribution in [1.82, 2.24) is 5.32 Å². The first-order valence-corrected chi connectivity index (χ1v) is 7.21. The summed E-state index contributed by atoms with van der Waals surface area (Å²) in [6, 6.07) is 11.7. The van der Waals surface area contributed by atoms with Crippen molar-refractivity contribution in [2.24, 2.45) is 0 Å². The Labute approximate surface area is 116 Å². The lowest BCUT2D eigenvalue weighted by Gasteiger charge is -2.32. The number of anilines is 1. The van der Waals surface area contributed by atoms with E-state index < -0.39 is 0 Å². The van der Waals surface area contributed by atoms with Crippen molar-refractivity contribution in [2.45, 2.75) is 45.2 Å². The van der Waals surface area contributed by atoms with Gasteiger partial charge in [0.05, 0.1) is 18.5 Å². The number of rotatable bonds is 3. The Balaban J connectivity index is 2.29. The standard InChI is InChI=1S/C16H23N3/c1-3-14-6-4-5-7-16(14)19-11-9-13(2)18-12-15(19)8-10-17/h4-7,13,15,18H,3,8-9,11-12H2,1-2H3. The molecule has 1 heterocycles. The molecule has 1 aromatic rings. The molecule has 1 aliphatic rings. The number of nitriles is 1. The summed E-state index contributed by atoms with van der Waals surface area (Å²) in [4.78, 5) is 2.43. The molecular weight excluding hydrogens is 234 g/mol. The summed E-state index contributed by atoms with van der Waals surface area (Å²) >= 11 is 0. The Morgan fingerprint density at radius 3 is 2.95 bits per heavy atom. The summed E-state index contributed by atoms with van der Waals surface area (Å²) in [5, 5.41) is 12.6. The highest BCUT2D eigenvalue weighted by Gasteiger charge is 2.24. The lowest BCUT2D eigenvalue weighted by molar-refractivity contribution is 0.538. The minimum Gasteiger partial charge on any atom is -0.366 e. The summed E-state index contributed by atoms with van der Waals surface area (Å²) in [7, 11) is 0. The van der Waals surface area contributed by atoms with Gasteiger partial charge in [-0.25, -0.2) is 0 Å². The van der Waals surface area contributed by atoms with E-state index in [1.54, 1.807) is 0 Å². The van der Waals surface area contributed by atoms with Crippen LogP contribution in [0.4, 0.5) is 5.69 Å². The molecule has 0 aromatic heterocycles.